The number of carbonyl (C=O) groups is 1. The van der Waals surface area contributed by atoms with Crippen molar-refractivity contribution in [3.63, 3.8) is 0 Å². The third-order valence-corrected chi connectivity index (χ3v) is 5.58. The topological polar surface area (TPSA) is 116 Å². The van der Waals surface area contributed by atoms with Crippen molar-refractivity contribution in [2.45, 2.75) is 23.8 Å². The average Bonchev–Trinajstić information content (AvgIpc) is 3.03. The Hall–Kier alpha value is -2.20. The normalized spacial score (nSPS) is 18.6. The van der Waals surface area contributed by atoms with Crippen molar-refractivity contribution in [1.29, 1.82) is 0 Å². The van der Waals surface area contributed by atoms with Crippen LogP contribution in [-0.2, 0) is 19.6 Å². The van der Waals surface area contributed by atoms with Crippen LogP contribution in [0.25, 0.3) is 0 Å². The van der Waals surface area contributed by atoms with Gasteiger partial charge in [0.2, 0.25) is 0 Å². The molecule has 0 spiro atoms. The molecule has 1 aromatic rings. The minimum atomic E-state index is -4.21. The van der Waals surface area contributed by atoms with Crippen LogP contribution in [0.2, 0.25) is 0 Å². The molecule has 1 saturated heterocycles. The van der Waals surface area contributed by atoms with E-state index in [0.717, 1.165) is 16.4 Å². The number of nitro groups is 1. The molecule has 1 heterocycles. The van der Waals surface area contributed by atoms with E-state index in [1.165, 1.54) is 20.3 Å². The van der Waals surface area contributed by atoms with E-state index in [0.29, 0.717) is 12.8 Å². The van der Waals surface area contributed by atoms with Gasteiger partial charge in [-0.25, -0.2) is 8.42 Å². The zero-order valence-corrected chi connectivity index (χ0v) is 13.4. The van der Waals surface area contributed by atoms with Crippen LogP contribution in [-0.4, -0.2) is 50.4 Å². The fraction of sp³-hybridized carbons (Fsp3) is 0.462. The van der Waals surface area contributed by atoms with E-state index in [9.17, 15) is 23.3 Å². The van der Waals surface area contributed by atoms with Crippen LogP contribution in [0.5, 0.6) is 5.75 Å². The average molecular weight is 344 g/mol. The number of ether oxygens (including phenoxy) is 2. The second kappa shape index (κ2) is 6.50. The van der Waals surface area contributed by atoms with Gasteiger partial charge in [-0.15, -0.1) is 0 Å². The summed E-state index contributed by atoms with van der Waals surface area (Å²) in [6.07, 6.45) is 0.790. The standard InChI is InChI=1S/C13H16N2O7S/c1-21-9-5-6-12(11(8-9)15(17)18)23(19,20)14-7-3-4-10(14)13(16)22-2/h5-6,8,10H,3-4,7H2,1-2H3/t10-/m0/s1. The molecular formula is C13H16N2O7S. The zero-order chi connectivity index (χ0) is 17.2. The molecule has 10 heteroatoms. The summed E-state index contributed by atoms with van der Waals surface area (Å²) in [6.45, 7) is 0.102. The van der Waals surface area contributed by atoms with Crippen LogP contribution in [0.15, 0.2) is 23.1 Å². The van der Waals surface area contributed by atoms with E-state index >= 15 is 0 Å². The highest BCUT2D eigenvalue weighted by Crippen LogP contribution is 2.34. The summed E-state index contributed by atoms with van der Waals surface area (Å²) in [6, 6.07) is 2.50. The Morgan fingerprint density at radius 2 is 2.09 bits per heavy atom. The van der Waals surface area contributed by atoms with Gasteiger partial charge in [0, 0.05) is 6.54 Å². The van der Waals surface area contributed by atoms with Gasteiger partial charge < -0.3 is 9.47 Å². The first kappa shape index (κ1) is 17.2. The number of sulfonamides is 1. The summed E-state index contributed by atoms with van der Waals surface area (Å²) in [7, 11) is -1.72. The van der Waals surface area contributed by atoms with Gasteiger partial charge in [-0.05, 0) is 25.0 Å². The van der Waals surface area contributed by atoms with Crippen LogP contribution in [0.4, 0.5) is 5.69 Å². The Morgan fingerprint density at radius 1 is 1.39 bits per heavy atom. The molecule has 0 unspecified atom stereocenters. The van der Waals surface area contributed by atoms with Crippen molar-refractivity contribution in [3.8, 4) is 5.75 Å². The first-order valence-corrected chi connectivity index (χ1v) is 8.19. The highest BCUT2D eigenvalue weighted by atomic mass is 32.2. The van der Waals surface area contributed by atoms with Crippen LogP contribution in [0.3, 0.4) is 0 Å². The second-order valence-electron chi connectivity index (χ2n) is 4.89. The third-order valence-electron chi connectivity index (χ3n) is 3.63. The minimum absolute atomic E-state index is 0.102. The van der Waals surface area contributed by atoms with Crippen molar-refractivity contribution >= 4 is 21.7 Å². The molecule has 1 atom stereocenters. The van der Waals surface area contributed by atoms with E-state index < -0.39 is 37.5 Å². The monoisotopic (exact) mass is 344 g/mol. The zero-order valence-electron chi connectivity index (χ0n) is 12.6. The molecule has 0 aromatic heterocycles. The number of carbonyl (C=O) groups excluding carboxylic acids is 1. The van der Waals surface area contributed by atoms with Crippen LogP contribution < -0.4 is 4.74 Å². The highest BCUT2D eigenvalue weighted by Gasteiger charge is 2.42. The Balaban J connectivity index is 2.51. The summed E-state index contributed by atoms with van der Waals surface area (Å²) in [5, 5.41) is 11.2. The molecule has 0 N–H and O–H groups in total. The Labute approximate surface area is 133 Å². The largest absolute Gasteiger partial charge is 0.497 e. The number of hydrogen-bond acceptors (Lipinski definition) is 7. The van der Waals surface area contributed by atoms with E-state index in [1.54, 1.807) is 0 Å². The molecule has 0 saturated carbocycles. The van der Waals surface area contributed by atoms with Gasteiger partial charge in [0.05, 0.1) is 25.2 Å². The van der Waals surface area contributed by atoms with E-state index in [4.69, 9.17) is 4.74 Å². The second-order valence-corrected chi connectivity index (χ2v) is 6.75. The number of esters is 1. The maximum Gasteiger partial charge on any atom is 0.324 e. The summed E-state index contributed by atoms with van der Waals surface area (Å²) in [5.41, 5.74) is -0.597. The molecule has 0 bridgehead atoms. The molecule has 9 nitrogen and oxygen atoms in total. The minimum Gasteiger partial charge on any atom is -0.497 e. The van der Waals surface area contributed by atoms with E-state index in [-0.39, 0.29) is 12.3 Å². The van der Waals surface area contributed by atoms with E-state index in [1.807, 2.05) is 0 Å². The van der Waals surface area contributed by atoms with Gasteiger partial charge in [-0.1, -0.05) is 0 Å². The quantitative estimate of drug-likeness (QED) is 0.443. The third kappa shape index (κ3) is 3.13. The smallest absolute Gasteiger partial charge is 0.324 e. The SMILES string of the molecule is COC(=O)[C@@H]1CCCN1S(=O)(=O)c1ccc(OC)cc1[N+](=O)[O-]. The number of hydrogen-bond donors (Lipinski definition) is 0. The predicted molar refractivity (Wildman–Crippen MR) is 78.6 cm³/mol. The molecule has 0 radical (unpaired) electrons. The molecule has 1 aromatic carbocycles. The fourth-order valence-corrected chi connectivity index (χ4v) is 4.30. The number of benzene rings is 1. The number of methoxy groups -OCH3 is 2. The molecule has 1 aliphatic rings. The van der Waals surface area contributed by atoms with Crippen molar-refractivity contribution in [2.75, 3.05) is 20.8 Å². The van der Waals surface area contributed by atoms with Crippen LogP contribution >= 0.6 is 0 Å². The summed E-state index contributed by atoms with van der Waals surface area (Å²) in [4.78, 5) is 21.7. The number of nitro benzene ring substituents is 1. The molecular weight excluding hydrogens is 328 g/mol. The first-order chi connectivity index (χ1) is 10.8. The van der Waals surface area contributed by atoms with Crippen molar-refractivity contribution < 1.29 is 27.6 Å². The van der Waals surface area contributed by atoms with Gasteiger partial charge in [-0.2, -0.15) is 4.31 Å². The van der Waals surface area contributed by atoms with Crippen molar-refractivity contribution in [2.24, 2.45) is 0 Å². The molecule has 23 heavy (non-hydrogen) atoms. The Bertz CT molecular complexity index is 732. The fourth-order valence-electron chi connectivity index (χ4n) is 2.51. The lowest BCUT2D eigenvalue weighted by Crippen LogP contribution is -2.41. The lowest BCUT2D eigenvalue weighted by atomic mass is 10.2. The van der Waals surface area contributed by atoms with Gasteiger partial charge in [-0.3, -0.25) is 14.9 Å². The summed E-state index contributed by atoms with van der Waals surface area (Å²) < 4.78 is 36.0. The number of rotatable bonds is 5. The lowest BCUT2D eigenvalue weighted by molar-refractivity contribution is -0.387. The summed E-state index contributed by atoms with van der Waals surface area (Å²) >= 11 is 0. The summed E-state index contributed by atoms with van der Waals surface area (Å²) in [5.74, 6) is -0.510. The Morgan fingerprint density at radius 3 is 2.65 bits per heavy atom. The van der Waals surface area contributed by atoms with Gasteiger partial charge in [0.1, 0.15) is 11.8 Å². The van der Waals surface area contributed by atoms with Gasteiger partial charge in [0.15, 0.2) is 4.90 Å². The van der Waals surface area contributed by atoms with E-state index in [2.05, 4.69) is 4.74 Å². The molecule has 1 fully saturated rings. The molecule has 2 rings (SSSR count). The highest BCUT2D eigenvalue weighted by molar-refractivity contribution is 7.89. The maximum absolute atomic E-state index is 12.8. The molecule has 1 aliphatic heterocycles. The lowest BCUT2D eigenvalue weighted by Gasteiger charge is -2.22. The van der Waals surface area contributed by atoms with Gasteiger partial charge >= 0.3 is 5.97 Å². The van der Waals surface area contributed by atoms with Crippen molar-refractivity contribution in [1.82, 2.24) is 4.31 Å². The molecule has 0 aliphatic carbocycles. The van der Waals surface area contributed by atoms with Crippen molar-refractivity contribution in [3.05, 3.63) is 28.3 Å². The predicted octanol–water partition coefficient (Wildman–Crippen LogP) is 0.929. The molecule has 0 amide bonds. The van der Waals surface area contributed by atoms with Gasteiger partial charge in [0.25, 0.3) is 15.7 Å². The number of nitrogens with zero attached hydrogens (tertiary/aromatic N) is 2. The maximum atomic E-state index is 12.8. The van der Waals surface area contributed by atoms with Crippen LogP contribution in [0, 0.1) is 10.1 Å². The first-order valence-electron chi connectivity index (χ1n) is 6.75. The Kier molecular flexibility index (Phi) is 4.85. The molecule has 126 valence electrons. The van der Waals surface area contributed by atoms with Crippen LogP contribution in [0.1, 0.15) is 12.8 Å².